The molecule has 1 heterocycles. The van der Waals surface area contributed by atoms with Gasteiger partial charge in [0, 0.05) is 28.7 Å². The maximum absolute atomic E-state index is 12.6. The van der Waals surface area contributed by atoms with Crippen LogP contribution >= 0.6 is 15.9 Å². The monoisotopic (exact) mass is 324 g/mol. The van der Waals surface area contributed by atoms with Crippen molar-refractivity contribution < 1.29 is 4.79 Å². The van der Waals surface area contributed by atoms with E-state index in [9.17, 15) is 4.79 Å². The van der Waals surface area contributed by atoms with Crippen molar-refractivity contribution in [2.75, 3.05) is 13.1 Å². The number of halogens is 1. The lowest BCUT2D eigenvalue weighted by Gasteiger charge is -2.29. The molecule has 1 aliphatic heterocycles. The summed E-state index contributed by atoms with van der Waals surface area (Å²) in [6.45, 7) is 6.02. The Morgan fingerprint density at radius 1 is 1.42 bits per heavy atom. The maximum Gasteiger partial charge on any atom is 0.254 e. The Labute approximate surface area is 123 Å². The standard InChI is InChI=1S/C15H21BrN2O/c1-11(2)18(10-14-4-3-9-17-14)15(19)12-5-7-13(16)8-6-12/h5-8,11,14,17H,3-4,9-10H2,1-2H3. The van der Waals surface area contributed by atoms with E-state index in [1.165, 1.54) is 6.42 Å². The van der Waals surface area contributed by atoms with Gasteiger partial charge in [-0.3, -0.25) is 4.79 Å². The van der Waals surface area contributed by atoms with Crippen molar-refractivity contribution in [3.63, 3.8) is 0 Å². The van der Waals surface area contributed by atoms with Crippen molar-refractivity contribution in [3.8, 4) is 0 Å². The van der Waals surface area contributed by atoms with Crippen molar-refractivity contribution in [2.45, 2.75) is 38.8 Å². The number of hydrogen-bond acceptors (Lipinski definition) is 2. The Morgan fingerprint density at radius 2 is 2.11 bits per heavy atom. The van der Waals surface area contributed by atoms with Gasteiger partial charge in [-0.25, -0.2) is 0 Å². The third-order valence-electron chi connectivity index (χ3n) is 3.55. The summed E-state index contributed by atoms with van der Waals surface area (Å²) in [6, 6.07) is 8.26. The van der Waals surface area contributed by atoms with Crippen LogP contribution in [0.3, 0.4) is 0 Å². The normalized spacial score (nSPS) is 18.8. The number of carbonyl (C=O) groups excluding carboxylic acids is 1. The molecule has 3 nitrogen and oxygen atoms in total. The second kappa shape index (κ2) is 6.53. The highest BCUT2D eigenvalue weighted by Gasteiger charge is 2.24. The molecule has 1 aliphatic rings. The fourth-order valence-corrected chi connectivity index (χ4v) is 2.70. The third kappa shape index (κ3) is 3.80. The summed E-state index contributed by atoms with van der Waals surface area (Å²) in [5.74, 6) is 0.121. The van der Waals surface area contributed by atoms with Gasteiger partial charge < -0.3 is 10.2 Å². The highest BCUT2D eigenvalue weighted by molar-refractivity contribution is 9.10. The van der Waals surface area contributed by atoms with Gasteiger partial charge in [-0.1, -0.05) is 15.9 Å². The van der Waals surface area contributed by atoms with E-state index in [-0.39, 0.29) is 11.9 Å². The van der Waals surface area contributed by atoms with Gasteiger partial charge in [-0.2, -0.15) is 0 Å². The average Bonchev–Trinajstić information content (AvgIpc) is 2.88. The van der Waals surface area contributed by atoms with E-state index in [0.717, 1.165) is 29.5 Å². The summed E-state index contributed by atoms with van der Waals surface area (Å²) >= 11 is 3.40. The van der Waals surface area contributed by atoms with Gasteiger partial charge in [0.15, 0.2) is 0 Å². The van der Waals surface area contributed by atoms with E-state index in [2.05, 4.69) is 35.1 Å². The number of nitrogens with zero attached hydrogens (tertiary/aromatic N) is 1. The molecule has 1 aromatic rings. The highest BCUT2D eigenvalue weighted by Crippen LogP contribution is 2.15. The van der Waals surface area contributed by atoms with Gasteiger partial charge in [0.2, 0.25) is 0 Å². The Morgan fingerprint density at radius 3 is 2.63 bits per heavy atom. The molecule has 1 atom stereocenters. The zero-order chi connectivity index (χ0) is 13.8. The first-order valence-electron chi connectivity index (χ1n) is 6.88. The van der Waals surface area contributed by atoms with Gasteiger partial charge in [0.05, 0.1) is 0 Å². The van der Waals surface area contributed by atoms with E-state index in [1.807, 2.05) is 29.2 Å². The summed E-state index contributed by atoms with van der Waals surface area (Å²) in [5, 5.41) is 3.46. The second-order valence-corrected chi connectivity index (χ2v) is 6.27. The predicted molar refractivity (Wildman–Crippen MR) is 81.3 cm³/mol. The summed E-state index contributed by atoms with van der Waals surface area (Å²) in [7, 11) is 0. The Hall–Kier alpha value is -0.870. The van der Waals surface area contributed by atoms with Crippen LogP contribution in [0.15, 0.2) is 28.7 Å². The molecule has 1 fully saturated rings. The SMILES string of the molecule is CC(C)N(CC1CCCN1)C(=O)c1ccc(Br)cc1. The van der Waals surface area contributed by atoms with Gasteiger partial charge in [-0.15, -0.1) is 0 Å². The smallest absolute Gasteiger partial charge is 0.254 e. The number of hydrogen-bond donors (Lipinski definition) is 1. The van der Waals surface area contributed by atoms with Crippen molar-refractivity contribution in [2.24, 2.45) is 0 Å². The summed E-state index contributed by atoms with van der Waals surface area (Å²) in [4.78, 5) is 14.5. The lowest BCUT2D eigenvalue weighted by Crippen LogP contribution is -2.44. The molecular formula is C15H21BrN2O. The minimum absolute atomic E-state index is 0.121. The molecule has 0 radical (unpaired) electrons. The van der Waals surface area contributed by atoms with Crippen LogP contribution in [0, 0.1) is 0 Å². The van der Waals surface area contributed by atoms with Crippen molar-refractivity contribution >= 4 is 21.8 Å². The lowest BCUT2D eigenvalue weighted by atomic mass is 10.1. The topological polar surface area (TPSA) is 32.3 Å². The Balaban J connectivity index is 2.09. The minimum atomic E-state index is 0.121. The largest absolute Gasteiger partial charge is 0.335 e. The quantitative estimate of drug-likeness (QED) is 0.923. The fraction of sp³-hybridized carbons (Fsp3) is 0.533. The van der Waals surface area contributed by atoms with Crippen LogP contribution in [-0.2, 0) is 0 Å². The number of benzene rings is 1. The van der Waals surface area contributed by atoms with Gasteiger partial charge >= 0.3 is 0 Å². The fourth-order valence-electron chi connectivity index (χ4n) is 2.44. The Bertz CT molecular complexity index is 424. The maximum atomic E-state index is 12.6. The van der Waals surface area contributed by atoms with Crippen LogP contribution in [0.5, 0.6) is 0 Å². The van der Waals surface area contributed by atoms with Crippen molar-refractivity contribution in [1.82, 2.24) is 10.2 Å². The molecule has 1 unspecified atom stereocenters. The second-order valence-electron chi connectivity index (χ2n) is 5.35. The zero-order valence-electron chi connectivity index (χ0n) is 11.5. The molecule has 0 aliphatic carbocycles. The molecule has 1 N–H and O–H groups in total. The van der Waals surface area contributed by atoms with Crippen LogP contribution in [0.25, 0.3) is 0 Å². The van der Waals surface area contributed by atoms with Crippen LogP contribution in [0.1, 0.15) is 37.0 Å². The predicted octanol–water partition coefficient (Wildman–Crippen LogP) is 3.05. The van der Waals surface area contributed by atoms with Crippen molar-refractivity contribution in [3.05, 3.63) is 34.3 Å². The van der Waals surface area contributed by atoms with Gasteiger partial charge in [0.25, 0.3) is 5.91 Å². The molecule has 19 heavy (non-hydrogen) atoms. The molecule has 0 bridgehead atoms. The van der Waals surface area contributed by atoms with Gasteiger partial charge in [-0.05, 0) is 57.5 Å². The van der Waals surface area contributed by atoms with E-state index >= 15 is 0 Å². The summed E-state index contributed by atoms with van der Waals surface area (Å²) < 4.78 is 0.998. The molecule has 0 aromatic heterocycles. The lowest BCUT2D eigenvalue weighted by molar-refractivity contribution is 0.0689. The van der Waals surface area contributed by atoms with E-state index in [1.54, 1.807) is 0 Å². The Kier molecular flexibility index (Phi) is 4.99. The number of rotatable bonds is 4. The first kappa shape index (κ1) is 14.5. The average molecular weight is 325 g/mol. The van der Waals surface area contributed by atoms with E-state index < -0.39 is 0 Å². The van der Waals surface area contributed by atoms with Gasteiger partial charge in [0.1, 0.15) is 0 Å². The number of amides is 1. The third-order valence-corrected chi connectivity index (χ3v) is 4.08. The summed E-state index contributed by atoms with van der Waals surface area (Å²) in [5.41, 5.74) is 0.759. The molecule has 1 aromatic carbocycles. The van der Waals surface area contributed by atoms with E-state index in [0.29, 0.717) is 6.04 Å². The zero-order valence-corrected chi connectivity index (χ0v) is 13.1. The number of nitrogens with one attached hydrogen (secondary N) is 1. The van der Waals surface area contributed by atoms with Crippen LogP contribution in [0.4, 0.5) is 0 Å². The molecule has 1 saturated heterocycles. The highest BCUT2D eigenvalue weighted by atomic mass is 79.9. The molecular weight excluding hydrogens is 304 g/mol. The molecule has 0 saturated carbocycles. The number of carbonyl (C=O) groups is 1. The first-order valence-corrected chi connectivity index (χ1v) is 7.67. The minimum Gasteiger partial charge on any atom is -0.335 e. The summed E-state index contributed by atoms with van der Waals surface area (Å²) in [6.07, 6.45) is 2.37. The van der Waals surface area contributed by atoms with Crippen molar-refractivity contribution in [1.29, 1.82) is 0 Å². The molecule has 104 valence electrons. The molecule has 0 spiro atoms. The van der Waals surface area contributed by atoms with E-state index in [4.69, 9.17) is 0 Å². The first-order chi connectivity index (χ1) is 9.08. The van der Waals surface area contributed by atoms with Crippen LogP contribution < -0.4 is 5.32 Å². The molecule has 4 heteroatoms. The van der Waals surface area contributed by atoms with Crippen LogP contribution in [0.2, 0.25) is 0 Å². The molecule has 2 rings (SSSR count). The van der Waals surface area contributed by atoms with Crippen LogP contribution in [-0.4, -0.2) is 36.0 Å². The molecule has 1 amide bonds.